The van der Waals surface area contributed by atoms with Crippen molar-refractivity contribution >= 4 is 28.2 Å². The first-order valence-electron chi connectivity index (χ1n) is 10.1. The molecule has 0 aliphatic heterocycles. The standard InChI is InChI=1S/C22H27N5O3S/c1-8-30-21(29)19-13(4)16(7)31-20(19)25-18(28)10-17-14(5)26-27(15(17)6)22-23-11(2)9-12(3)24-22/h9H,8,10H2,1-7H3,(H,25,28). The maximum Gasteiger partial charge on any atom is 0.341 e. The Bertz CT molecular complexity index is 1140. The van der Waals surface area contributed by atoms with E-state index in [-0.39, 0.29) is 18.9 Å². The van der Waals surface area contributed by atoms with Crippen molar-refractivity contribution in [2.75, 3.05) is 11.9 Å². The number of hydrogen-bond donors (Lipinski definition) is 1. The quantitative estimate of drug-likeness (QED) is 0.582. The van der Waals surface area contributed by atoms with Gasteiger partial charge in [0.25, 0.3) is 5.95 Å². The number of esters is 1. The van der Waals surface area contributed by atoms with Crippen molar-refractivity contribution in [3.05, 3.63) is 50.4 Å². The van der Waals surface area contributed by atoms with Crippen LogP contribution in [0.15, 0.2) is 6.07 Å². The molecule has 3 aromatic heterocycles. The van der Waals surface area contributed by atoms with E-state index in [0.717, 1.165) is 38.8 Å². The Labute approximate surface area is 185 Å². The molecule has 0 atom stereocenters. The molecule has 3 rings (SSSR count). The average Bonchev–Trinajstić information content (AvgIpc) is 3.11. The molecule has 1 N–H and O–H groups in total. The van der Waals surface area contributed by atoms with E-state index in [9.17, 15) is 9.59 Å². The van der Waals surface area contributed by atoms with Crippen molar-refractivity contribution in [2.45, 2.75) is 54.9 Å². The highest BCUT2D eigenvalue weighted by Crippen LogP contribution is 2.33. The number of anilines is 1. The van der Waals surface area contributed by atoms with Crippen LogP contribution in [0.5, 0.6) is 0 Å². The summed E-state index contributed by atoms with van der Waals surface area (Å²) < 4.78 is 6.83. The molecular formula is C22H27N5O3S. The van der Waals surface area contributed by atoms with Crippen LogP contribution in [0.2, 0.25) is 0 Å². The molecule has 3 heterocycles. The van der Waals surface area contributed by atoms with Crippen LogP contribution >= 0.6 is 11.3 Å². The number of carbonyl (C=O) groups is 2. The molecule has 9 heteroatoms. The Hall–Kier alpha value is -3.07. The second-order valence-corrected chi connectivity index (χ2v) is 8.67. The monoisotopic (exact) mass is 441 g/mol. The number of nitrogens with one attached hydrogen (secondary N) is 1. The molecule has 31 heavy (non-hydrogen) atoms. The van der Waals surface area contributed by atoms with Gasteiger partial charge in [0.2, 0.25) is 5.91 Å². The van der Waals surface area contributed by atoms with E-state index in [2.05, 4.69) is 20.4 Å². The SMILES string of the molecule is CCOC(=O)c1c(NC(=O)Cc2c(C)nn(-c3nc(C)cc(C)n3)c2C)sc(C)c1C. The van der Waals surface area contributed by atoms with Crippen molar-refractivity contribution in [1.82, 2.24) is 19.7 Å². The molecular weight excluding hydrogens is 414 g/mol. The second kappa shape index (κ2) is 8.97. The smallest absolute Gasteiger partial charge is 0.341 e. The minimum absolute atomic E-state index is 0.126. The third-order valence-electron chi connectivity index (χ3n) is 5.06. The lowest BCUT2D eigenvalue weighted by atomic mass is 10.1. The summed E-state index contributed by atoms with van der Waals surface area (Å²) in [6.07, 6.45) is 0.126. The van der Waals surface area contributed by atoms with Crippen LogP contribution in [-0.4, -0.2) is 38.2 Å². The highest BCUT2D eigenvalue weighted by Gasteiger charge is 2.23. The maximum atomic E-state index is 12.9. The third-order valence-corrected chi connectivity index (χ3v) is 6.18. The molecule has 3 aromatic rings. The van der Waals surface area contributed by atoms with Gasteiger partial charge in [0.15, 0.2) is 0 Å². The van der Waals surface area contributed by atoms with Gasteiger partial charge in [0.05, 0.1) is 24.3 Å². The van der Waals surface area contributed by atoms with Gasteiger partial charge in [-0.25, -0.2) is 19.4 Å². The maximum absolute atomic E-state index is 12.9. The van der Waals surface area contributed by atoms with Crippen LogP contribution in [0, 0.1) is 41.5 Å². The summed E-state index contributed by atoms with van der Waals surface area (Å²) >= 11 is 1.37. The lowest BCUT2D eigenvalue weighted by Crippen LogP contribution is -2.17. The van der Waals surface area contributed by atoms with E-state index in [1.807, 2.05) is 47.6 Å². The van der Waals surface area contributed by atoms with Crippen LogP contribution in [0.1, 0.15) is 56.1 Å². The van der Waals surface area contributed by atoms with Gasteiger partial charge in [0.1, 0.15) is 5.00 Å². The highest BCUT2D eigenvalue weighted by atomic mass is 32.1. The first-order valence-corrected chi connectivity index (χ1v) is 10.9. The number of carbonyl (C=O) groups excluding carboxylic acids is 2. The molecule has 164 valence electrons. The van der Waals surface area contributed by atoms with Crippen LogP contribution in [0.3, 0.4) is 0 Å². The Balaban J connectivity index is 1.86. The summed E-state index contributed by atoms with van der Waals surface area (Å²) in [6.45, 7) is 13.4. The molecule has 0 aromatic carbocycles. The zero-order chi connectivity index (χ0) is 22.9. The van der Waals surface area contributed by atoms with Gasteiger partial charge in [-0.05, 0) is 60.1 Å². The largest absolute Gasteiger partial charge is 0.462 e. The summed E-state index contributed by atoms with van der Waals surface area (Å²) in [5.41, 5.74) is 5.30. The number of aromatic nitrogens is 4. The zero-order valence-corrected chi connectivity index (χ0v) is 19.7. The van der Waals surface area contributed by atoms with E-state index in [1.165, 1.54) is 11.3 Å². The van der Waals surface area contributed by atoms with E-state index >= 15 is 0 Å². The lowest BCUT2D eigenvalue weighted by Gasteiger charge is -2.08. The number of nitrogens with zero attached hydrogens (tertiary/aromatic N) is 4. The fraction of sp³-hybridized carbons (Fsp3) is 0.409. The number of hydrogen-bond acceptors (Lipinski definition) is 7. The molecule has 0 unspecified atom stereocenters. The van der Waals surface area contributed by atoms with E-state index in [4.69, 9.17) is 4.74 Å². The minimum atomic E-state index is -0.424. The molecule has 0 saturated heterocycles. The topological polar surface area (TPSA) is 99.0 Å². The summed E-state index contributed by atoms with van der Waals surface area (Å²) in [4.78, 5) is 35.1. The van der Waals surface area contributed by atoms with E-state index in [0.29, 0.717) is 16.5 Å². The molecule has 1 amide bonds. The second-order valence-electron chi connectivity index (χ2n) is 7.44. The number of thiophene rings is 1. The van der Waals surface area contributed by atoms with Gasteiger partial charge in [-0.1, -0.05) is 0 Å². The molecule has 0 fully saturated rings. The van der Waals surface area contributed by atoms with Gasteiger partial charge < -0.3 is 10.1 Å². The van der Waals surface area contributed by atoms with Crippen molar-refractivity contribution in [3.8, 4) is 5.95 Å². The number of rotatable bonds is 6. The zero-order valence-electron chi connectivity index (χ0n) is 18.9. The number of ether oxygens (including phenoxy) is 1. The summed E-state index contributed by atoms with van der Waals surface area (Å²) in [5.74, 6) is -0.162. The van der Waals surface area contributed by atoms with Gasteiger partial charge in [-0.2, -0.15) is 5.10 Å². The summed E-state index contributed by atoms with van der Waals surface area (Å²) in [6, 6.07) is 1.90. The fourth-order valence-corrected chi connectivity index (χ4v) is 4.49. The van der Waals surface area contributed by atoms with E-state index < -0.39 is 5.97 Å². The molecule has 0 aliphatic carbocycles. The Kier molecular flexibility index (Phi) is 6.54. The fourth-order valence-electron chi connectivity index (χ4n) is 3.42. The number of aryl methyl sites for hydroxylation is 4. The van der Waals surface area contributed by atoms with Crippen molar-refractivity contribution in [3.63, 3.8) is 0 Å². The lowest BCUT2D eigenvalue weighted by molar-refractivity contribution is -0.115. The average molecular weight is 442 g/mol. The van der Waals surface area contributed by atoms with Crippen molar-refractivity contribution in [1.29, 1.82) is 0 Å². The van der Waals surface area contributed by atoms with Crippen molar-refractivity contribution in [2.24, 2.45) is 0 Å². The molecule has 8 nitrogen and oxygen atoms in total. The predicted molar refractivity (Wildman–Crippen MR) is 120 cm³/mol. The van der Waals surface area contributed by atoms with Crippen LogP contribution < -0.4 is 5.32 Å². The van der Waals surface area contributed by atoms with Gasteiger partial charge in [0, 0.05) is 27.5 Å². The normalized spacial score (nSPS) is 10.9. The van der Waals surface area contributed by atoms with E-state index in [1.54, 1.807) is 11.6 Å². The molecule has 0 bridgehead atoms. The first kappa shape index (κ1) is 22.6. The Morgan fingerprint density at radius 2 is 1.74 bits per heavy atom. The predicted octanol–water partition coefficient (Wildman–Crippen LogP) is 3.93. The minimum Gasteiger partial charge on any atom is -0.462 e. The van der Waals surface area contributed by atoms with Crippen LogP contribution in [0.25, 0.3) is 5.95 Å². The Morgan fingerprint density at radius 3 is 2.35 bits per heavy atom. The van der Waals surface area contributed by atoms with Crippen molar-refractivity contribution < 1.29 is 14.3 Å². The molecule has 0 radical (unpaired) electrons. The number of amides is 1. The molecule has 0 spiro atoms. The van der Waals surface area contributed by atoms with Gasteiger partial charge in [-0.3, -0.25) is 4.79 Å². The van der Waals surface area contributed by atoms with Crippen LogP contribution in [-0.2, 0) is 16.0 Å². The molecule has 0 saturated carbocycles. The summed E-state index contributed by atoms with van der Waals surface area (Å²) in [5, 5.41) is 7.96. The summed E-state index contributed by atoms with van der Waals surface area (Å²) in [7, 11) is 0. The third kappa shape index (κ3) is 4.66. The Morgan fingerprint density at radius 1 is 1.10 bits per heavy atom. The van der Waals surface area contributed by atoms with Crippen LogP contribution in [0.4, 0.5) is 5.00 Å². The van der Waals surface area contributed by atoms with Gasteiger partial charge in [-0.15, -0.1) is 11.3 Å². The van der Waals surface area contributed by atoms with Gasteiger partial charge >= 0.3 is 5.97 Å². The highest BCUT2D eigenvalue weighted by molar-refractivity contribution is 7.16. The first-order chi connectivity index (χ1) is 14.6. The molecule has 0 aliphatic rings.